The number of halogens is 2. The fraction of sp³-hybridized carbons (Fsp3) is 1.00. The van der Waals surface area contributed by atoms with Crippen molar-refractivity contribution in [1.82, 2.24) is 5.32 Å². The molecule has 0 aromatic carbocycles. The Morgan fingerprint density at radius 2 is 1.90 bits per heavy atom. The van der Waals surface area contributed by atoms with Gasteiger partial charge in [-0.2, -0.15) is 0 Å². The third-order valence-corrected chi connectivity index (χ3v) is 3.23. The van der Waals surface area contributed by atoms with Crippen molar-refractivity contribution < 1.29 is 0 Å². The van der Waals surface area contributed by atoms with Gasteiger partial charge in [-0.05, 0) is 26.3 Å². The van der Waals surface area contributed by atoms with Crippen molar-refractivity contribution in [1.29, 1.82) is 0 Å². The molecule has 1 rings (SSSR count). The average Bonchev–Trinajstić information content (AvgIpc) is 1.95. The largest absolute Gasteiger partial charge is 0.317 e. The molecule has 0 spiro atoms. The van der Waals surface area contributed by atoms with E-state index in [0.717, 1.165) is 19.3 Å². The van der Waals surface area contributed by atoms with E-state index in [0.29, 0.717) is 6.04 Å². The summed E-state index contributed by atoms with van der Waals surface area (Å²) in [5, 5.41) is 3.56. The molecule has 0 saturated heterocycles. The quantitative estimate of drug-likeness (QED) is 0.611. The summed E-state index contributed by atoms with van der Waals surface area (Å²) < 4.78 is 0. The highest BCUT2D eigenvalue weighted by Crippen LogP contribution is 2.27. The van der Waals surface area contributed by atoms with Gasteiger partial charge in [0.15, 0.2) is 0 Å². The topological polar surface area (TPSA) is 12.0 Å². The maximum atomic E-state index is 5.97. The molecule has 0 bridgehead atoms. The van der Waals surface area contributed by atoms with Crippen LogP contribution in [0.3, 0.4) is 0 Å². The summed E-state index contributed by atoms with van der Waals surface area (Å²) in [7, 11) is 1.98. The lowest BCUT2D eigenvalue weighted by atomic mass is 9.95. The molecule has 0 amide bonds. The molecule has 0 unspecified atom stereocenters. The van der Waals surface area contributed by atoms with Gasteiger partial charge in [-0.15, -0.1) is 23.2 Å². The van der Waals surface area contributed by atoms with Gasteiger partial charge in [-0.25, -0.2) is 0 Å². The summed E-state index contributed by atoms with van der Waals surface area (Å²) in [6.45, 7) is 0. The Morgan fingerprint density at radius 1 is 1.20 bits per heavy atom. The van der Waals surface area contributed by atoms with Crippen molar-refractivity contribution in [3.63, 3.8) is 0 Å². The van der Waals surface area contributed by atoms with E-state index in [-0.39, 0.29) is 10.8 Å². The smallest absolute Gasteiger partial charge is 0.0514 e. The lowest BCUT2D eigenvalue weighted by molar-refractivity contribution is 0.403. The minimum atomic E-state index is 0.160. The number of alkyl halides is 2. The van der Waals surface area contributed by atoms with Gasteiger partial charge < -0.3 is 5.32 Å². The van der Waals surface area contributed by atoms with Crippen LogP contribution in [0, 0.1) is 0 Å². The number of rotatable bonds is 1. The third-order valence-electron chi connectivity index (χ3n) is 2.10. The molecule has 1 nitrogen and oxygen atoms in total. The Balaban J connectivity index is 2.33. The molecular formula is C7H13Cl2N. The molecule has 0 aromatic rings. The van der Waals surface area contributed by atoms with Crippen LogP contribution >= 0.6 is 23.2 Å². The fourth-order valence-corrected chi connectivity index (χ4v) is 1.91. The molecule has 3 atom stereocenters. The molecule has 1 saturated carbocycles. The molecule has 3 heteroatoms. The summed E-state index contributed by atoms with van der Waals surface area (Å²) in [5.74, 6) is 0. The summed E-state index contributed by atoms with van der Waals surface area (Å²) >= 11 is 11.9. The fourth-order valence-electron chi connectivity index (χ4n) is 1.34. The molecule has 1 N–H and O–H groups in total. The standard InChI is InChI=1S/C7H13Cl2N/c1-10-5-2-3-6(8)7(9)4-5/h5-7,10H,2-4H2,1H3/t5-,6-,7-/m1/s1. The van der Waals surface area contributed by atoms with Crippen LogP contribution < -0.4 is 5.32 Å². The zero-order valence-electron chi connectivity index (χ0n) is 6.11. The van der Waals surface area contributed by atoms with Gasteiger partial charge in [0, 0.05) is 6.04 Å². The second-order valence-electron chi connectivity index (χ2n) is 2.83. The summed E-state index contributed by atoms with van der Waals surface area (Å²) in [5.41, 5.74) is 0. The predicted octanol–water partition coefficient (Wildman–Crippen LogP) is 1.97. The van der Waals surface area contributed by atoms with E-state index < -0.39 is 0 Å². The normalized spacial score (nSPS) is 41.7. The molecule has 1 aliphatic carbocycles. The average molecular weight is 182 g/mol. The van der Waals surface area contributed by atoms with Crippen molar-refractivity contribution in [3.05, 3.63) is 0 Å². The van der Waals surface area contributed by atoms with E-state index in [2.05, 4.69) is 5.32 Å². The molecule has 10 heavy (non-hydrogen) atoms. The first-order valence-corrected chi connectivity index (χ1v) is 4.56. The second-order valence-corrected chi connectivity index (χ2v) is 3.95. The minimum Gasteiger partial charge on any atom is -0.317 e. The molecule has 0 heterocycles. The Kier molecular flexibility index (Phi) is 3.28. The number of nitrogens with one attached hydrogen (secondary N) is 1. The highest BCUT2D eigenvalue weighted by atomic mass is 35.5. The van der Waals surface area contributed by atoms with E-state index in [1.165, 1.54) is 0 Å². The molecule has 1 aliphatic rings. The van der Waals surface area contributed by atoms with Crippen LogP contribution in [-0.2, 0) is 0 Å². The highest BCUT2D eigenvalue weighted by molar-refractivity contribution is 6.30. The SMILES string of the molecule is CN[C@@H]1CC[C@@H](Cl)[C@H](Cl)C1. The molecule has 0 aliphatic heterocycles. The van der Waals surface area contributed by atoms with Crippen LogP contribution in [-0.4, -0.2) is 23.8 Å². The molecular weight excluding hydrogens is 169 g/mol. The molecule has 0 radical (unpaired) electrons. The van der Waals surface area contributed by atoms with Crippen LogP contribution in [0.25, 0.3) is 0 Å². The second kappa shape index (κ2) is 3.80. The van der Waals surface area contributed by atoms with E-state index in [4.69, 9.17) is 23.2 Å². The molecule has 0 aromatic heterocycles. The van der Waals surface area contributed by atoms with E-state index in [9.17, 15) is 0 Å². The van der Waals surface area contributed by atoms with Crippen molar-refractivity contribution in [2.24, 2.45) is 0 Å². The Morgan fingerprint density at radius 3 is 2.40 bits per heavy atom. The lowest BCUT2D eigenvalue weighted by Gasteiger charge is -2.28. The van der Waals surface area contributed by atoms with Crippen LogP contribution in [0.2, 0.25) is 0 Å². The lowest BCUT2D eigenvalue weighted by Crippen LogP contribution is -2.36. The monoisotopic (exact) mass is 181 g/mol. The van der Waals surface area contributed by atoms with Crippen LogP contribution in [0.4, 0.5) is 0 Å². The zero-order valence-corrected chi connectivity index (χ0v) is 7.62. The number of hydrogen-bond acceptors (Lipinski definition) is 1. The Hall–Kier alpha value is 0.540. The number of hydrogen-bond donors (Lipinski definition) is 1. The summed E-state index contributed by atoms with van der Waals surface area (Å²) in [6.07, 6.45) is 3.21. The van der Waals surface area contributed by atoms with Gasteiger partial charge in [0.2, 0.25) is 0 Å². The van der Waals surface area contributed by atoms with Gasteiger partial charge in [0.25, 0.3) is 0 Å². The minimum absolute atomic E-state index is 0.160. The summed E-state index contributed by atoms with van der Waals surface area (Å²) in [6, 6.07) is 0.581. The van der Waals surface area contributed by atoms with Gasteiger partial charge in [-0.3, -0.25) is 0 Å². The van der Waals surface area contributed by atoms with Gasteiger partial charge in [0.05, 0.1) is 10.8 Å². The van der Waals surface area contributed by atoms with E-state index in [1.54, 1.807) is 0 Å². The van der Waals surface area contributed by atoms with E-state index >= 15 is 0 Å². The van der Waals surface area contributed by atoms with Crippen LogP contribution in [0.1, 0.15) is 19.3 Å². The first-order valence-electron chi connectivity index (χ1n) is 3.69. The molecule has 60 valence electrons. The van der Waals surface area contributed by atoms with Crippen molar-refractivity contribution >= 4 is 23.2 Å². The first kappa shape index (κ1) is 8.63. The molecule has 1 fully saturated rings. The van der Waals surface area contributed by atoms with Crippen molar-refractivity contribution in [2.75, 3.05) is 7.05 Å². The predicted molar refractivity (Wildman–Crippen MR) is 46.0 cm³/mol. The third kappa shape index (κ3) is 2.01. The van der Waals surface area contributed by atoms with Gasteiger partial charge >= 0.3 is 0 Å². The van der Waals surface area contributed by atoms with Gasteiger partial charge in [-0.1, -0.05) is 0 Å². The highest BCUT2D eigenvalue weighted by Gasteiger charge is 2.26. The first-order chi connectivity index (χ1) is 4.74. The maximum Gasteiger partial charge on any atom is 0.0514 e. The van der Waals surface area contributed by atoms with Crippen molar-refractivity contribution in [2.45, 2.75) is 36.1 Å². The van der Waals surface area contributed by atoms with E-state index in [1.807, 2.05) is 7.05 Å². The van der Waals surface area contributed by atoms with Crippen LogP contribution in [0.15, 0.2) is 0 Å². The Bertz CT molecular complexity index is 108. The Labute approximate surface area is 72.1 Å². The summed E-state index contributed by atoms with van der Waals surface area (Å²) in [4.78, 5) is 0. The van der Waals surface area contributed by atoms with Crippen LogP contribution in [0.5, 0.6) is 0 Å². The maximum absolute atomic E-state index is 5.97. The zero-order chi connectivity index (χ0) is 7.56. The van der Waals surface area contributed by atoms with Crippen molar-refractivity contribution in [3.8, 4) is 0 Å². The van der Waals surface area contributed by atoms with Gasteiger partial charge in [0.1, 0.15) is 0 Å².